The van der Waals surface area contributed by atoms with E-state index in [1.807, 2.05) is 20.8 Å². The fraction of sp³-hybridized carbons (Fsp3) is 0.938. The molecule has 3 heterocycles. The molecule has 4 aliphatic rings. The maximum Gasteiger partial charge on any atom is 0.315 e. The highest BCUT2D eigenvalue weighted by Gasteiger charge is 2.71. The number of fused-ring (bicyclic) bond motifs is 1. The maximum atomic E-state index is 12.7. The highest BCUT2D eigenvalue weighted by atomic mass is 16.6. The van der Waals surface area contributed by atoms with Crippen LogP contribution in [0.4, 0.5) is 0 Å². The van der Waals surface area contributed by atoms with Gasteiger partial charge in [0.1, 0.15) is 5.60 Å². The van der Waals surface area contributed by atoms with Crippen LogP contribution in [0.25, 0.3) is 0 Å². The fourth-order valence-corrected chi connectivity index (χ4v) is 4.32. The predicted octanol–water partition coefficient (Wildman–Crippen LogP) is 2.27. The van der Waals surface area contributed by atoms with Gasteiger partial charge in [0.25, 0.3) is 0 Å². The molecule has 0 aromatic rings. The lowest BCUT2D eigenvalue weighted by atomic mass is 9.58. The van der Waals surface area contributed by atoms with Crippen LogP contribution in [0.5, 0.6) is 0 Å². The molecule has 4 rings (SSSR count). The van der Waals surface area contributed by atoms with Gasteiger partial charge in [-0.05, 0) is 72.4 Å². The molecule has 20 heavy (non-hydrogen) atoms. The third-order valence-electron chi connectivity index (χ3n) is 4.95. The first-order chi connectivity index (χ1) is 9.24. The van der Waals surface area contributed by atoms with Crippen molar-refractivity contribution in [1.82, 2.24) is 5.32 Å². The number of piperidine rings is 1. The molecule has 1 unspecified atom stereocenters. The molecule has 0 aromatic heterocycles. The second-order valence-electron chi connectivity index (χ2n) is 8.09. The van der Waals surface area contributed by atoms with E-state index < -0.39 is 5.60 Å². The van der Waals surface area contributed by atoms with Crippen LogP contribution >= 0.6 is 0 Å². The quantitative estimate of drug-likeness (QED) is 0.789. The van der Waals surface area contributed by atoms with Crippen LogP contribution in [0.2, 0.25) is 0 Å². The van der Waals surface area contributed by atoms with Gasteiger partial charge < -0.3 is 14.8 Å². The maximum absolute atomic E-state index is 12.7. The zero-order valence-electron chi connectivity index (χ0n) is 13.1. The number of rotatable bonds is 2. The molecule has 1 atom stereocenters. The molecule has 4 heteroatoms. The van der Waals surface area contributed by atoms with Gasteiger partial charge >= 0.3 is 5.97 Å². The molecule has 114 valence electrons. The highest BCUT2D eigenvalue weighted by molar-refractivity contribution is 5.81. The van der Waals surface area contributed by atoms with E-state index in [0.29, 0.717) is 5.92 Å². The Hall–Kier alpha value is -0.610. The van der Waals surface area contributed by atoms with Gasteiger partial charge in [0.15, 0.2) is 0 Å². The van der Waals surface area contributed by atoms with Crippen molar-refractivity contribution in [2.45, 2.75) is 70.7 Å². The van der Waals surface area contributed by atoms with Crippen LogP contribution in [0, 0.1) is 11.3 Å². The van der Waals surface area contributed by atoms with Gasteiger partial charge in [0, 0.05) is 0 Å². The molecule has 0 radical (unpaired) electrons. The zero-order valence-corrected chi connectivity index (χ0v) is 13.1. The summed E-state index contributed by atoms with van der Waals surface area (Å²) in [5, 5.41) is 3.38. The molecule has 1 saturated carbocycles. The van der Waals surface area contributed by atoms with Crippen molar-refractivity contribution >= 4 is 5.97 Å². The normalized spacial score (nSPS) is 41.3. The lowest BCUT2D eigenvalue weighted by Crippen LogP contribution is -2.53. The van der Waals surface area contributed by atoms with Gasteiger partial charge in [-0.15, -0.1) is 0 Å². The Kier molecular flexibility index (Phi) is 3.18. The van der Waals surface area contributed by atoms with E-state index in [9.17, 15) is 4.79 Å². The summed E-state index contributed by atoms with van der Waals surface area (Å²) in [6.45, 7) is 10.0. The van der Waals surface area contributed by atoms with Gasteiger partial charge in [-0.2, -0.15) is 0 Å². The molecule has 4 nitrogen and oxygen atoms in total. The summed E-state index contributed by atoms with van der Waals surface area (Å²) in [5.74, 6) is 0.455. The van der Waals surface area contributed by atoms with Crippen molar-refractivity contribution in [3.63, 3.8) is 0 Å². The minimum absolute atomic E-state index is 0.0384. The lowest BCUT2D eigenvalue weighted by molar-refractivity contribution is -0.174. The lowest BCUT2D eigenvalue weighted by Gasteiger charge is -2.43. The van der Waals surface area contributed by atoms with E-state index in [4.69, 9.17) is 9.47 Å². The average Bonchev–Trinajstić information content (AvgIpc) is 2.77. The summed E-state index contributed by atoms with van der Waals surface area (Å²) < 4.78 is 12.0. The number of hydrogen-bond donors (Lipinski definition) is 1. The van der Waals surface area contributed by atoms with Crippen molar-refractivity contribution < 1.29 is 14.3 Å². The Balaban J connectivity index is 1.78. The van der Waals surface area contributed by atoms with Crippen LogP contribution < -0.4 is 5.32 Å². The highest BCUT2D eigenvalue weighted by Crippen LogP contribution is 2.64. The van der Waals surface area contributed by atoms with E-state index in [-0.39, 0.29) is 23.1 Å². The molecule has 1 N–H and O–H groups in total. The first kappa shape index (κ1) is 14.3. The monoisotopic (exact) mass is 281 g/mol. The minimum atomic E-state index is -0.418. The van der Waals surface area contributed by atoms with E-state index in [1.54, 1.807) is 0 Å². The molecule has 2 bridgehead atoms. The van der Waals surface area contributed by atoms with Gasteiger partial charge in [0.05, 0.1) is 17.1 Å². The predicted molar refractivity (Wildman–Crippen MR) is 76.4 cm³/mol. The standard InChI is InChI=1S/C16H27NO3/c1-14(2,3)20-13(18)16-9-15(4,10-16)19-12(16)11-5-7-17-8-6-11/h11-12,17H,5-10H2,1-4H3. The van der Waals surface area contributed by atoms with Gasteiger partial charge in [-0.3, -0.25) is 4.79 Å². The first-order valence-electron chi connectivity index (χ1n) is 7.86. The average molecular weight is 281 g/mol. The smallest absolute Gasteiger partial charge is 0.315 e. The number of nitrogens with one attached hydrogen (secondary N) is 1. The summed E-state index contributed by atoms with van der Waals surface area (Å²) in [7, 11) is 0. The number of carbonyl (C=O) groups excluding carboxylic acids is 1. The largest absolute Gasteiger partial charge is 0.459 e. The zero-order chi connectivity index (χ0) is 14.6. The third kappa shape index (κ3) is 2.27. The summed E-state index contributed by atoms with van der Waals surface area (Å²) >= 11 is 0. The van der Waals surface area contributed by atoms with Crippen LogP contribution in [-0.2, 0) is 14.3 Å². The Morgan fingerprint density at radius 1 is 1.25 bits per heavy atom. The fourth-order valence-electron chi connectivity index (χ4n) is 4.32. The van der Waals surface area contributed by atoms with Gasteiger partial charge in [-0.1, -0.05) is 0 Å². The summed E-state index contributed by atoms with van der Waals surface area (Å²) in [6.07, 6.45) is 3.94. The summed E-state index contributed by atoms with van der Waals surface area (Å²) in [4.78, 5) is 12.7. The SMILES string of the molecule is CC(C)(C)OC(=O)C12CC(C)(C1)OC2C1CCNCC1. The molecule has 0 amide bonds. The van der Waals surface area contributed by atoms with E-state index in [2.05, 4.69) is 12.2 Å². The molecule has 0 spiro atoms. The Morgan fingerprint density at radius 2 is 1.85 bits per heavy atom. The van der Waals surface area contributed by atoms with Crippen molar-refractivity contribution in [1.29, 1.82) is 0 Å². The molecule has 0 aromatic carbocycles. The topological polar surface area (TPSA) is 47.6 Å². The molecule has 3 saturated heterocycles. The minimum Gasteiger partial charge on any atom is -0.459 e. The third-order valence-corrected chi connectivity index (χ3v) is 4.95. The first-order valence-corrected chi connectivity index (χ1v) is 7.86. The molecule has 3 aliphatic heterocycles. The van der Waals surface area contributed by atoms with Gasteiger partial charge in [-0.25, -0.2) is 0 Å². The van der Waals surface area contributed by atoms with Crippen molar-refractivity contribution in [3.8, 4) is 0 Å². The van der Waals surface area contributed by atoms with Crippen molar-refractivity contribution in [3.05, 3.63) is 0 Å². The Bertz CT molecular complexity index is 400. The van der Waals surface area contributed by atoms with E-state index >= 15 is 0 Å². The van der Waals surface area contributed by atoms with Crippen LogP contribution in [0.1, 0.15) is 53.4 Å². The number of esters is 1. The van der Waals surface area contributed by atoms with E-state index in [0.717, 1.165) is 38.8 Å². The van der Waals surface area contributed by atoms with Gasteiger partial charge in [0.2, 0.25) is 0 Å². The Labute approximate surface area is 121 Å². The molecular formula is C16H27NO3. The van der Waals surface area contributed by atoms with Crippen molar-refractivity contribution in [2.75, 3.05) is 13.1 Å². The molecule has 1 aliphatic carbocycles. The molecule has 4 fully saturated rings. The van der Waals surface area contributed by atoms with Crippen LogP contribution in [-0.4, -0.2) is 36.4 Å². The number of carbonyl (C=O) groups is 1. The Morgan fingerprint density at radius 3 is 2.40 bits per heavy atom. The molecular weight excluding hydrogens is 254 g/mol. The number of hydrogen-bond acceptors (Lipinski definition) is 4. The summed E-state index contributed by atoms with van der Waals surface area (Å²) in [5.41, 5.74) is -0.879. The number of ether oxygens (including phenoxy) is 2. The van der Waals surface area contributed by atoms with Crippen LogP contribution in [0.15, 0.2) is 0 Å². The van der Waals surface area contributed by atoms with E-state index in [1.165, 1.54) is 0 Å². The second-order valence-corrected chi connectivity index (χ2v) is 8.09. The summed E-state index contributed by atoms with van der Waals surface area (Å²) in [6, 6.07) is 0. The van der Waals surface area contributed by atoms with Crippen LogP contribution in [0.3, 0.4) is 0 Å². The second kappa shape index (κ2) is 4.44. The van der Waals surface area contributed by atoms with Crippen molar-refractivity contribution in [2.24, 2.45) is 11.3 Å².